The Morgan fingerprint density at radius 2 is 2.14 bits per heavy atom. The van der Waals surface area contributed by atoms with E-state index >= 15 is 0 Å². The Morgan fingerprint density at radius 3 is 2.75 bits per heavy atom. The van der Waals surface area contributed by atoms with Gasteiger partial charge in [-0.2, -0.15) is 0 Å². The monoisotopic (exact) mass is 421 g/mol. The predicted octanol–water partition coefficient (Wildman–Crippen LogP) is 3.17. The van der Waals surface area contributed by atoms with Gasteiger partial charge < -0.3 is 15.2 Å². The Labute approximate surface area is 168 Å². The van der Waals surface area contributed by atoms with Gasteiger partial charge in [0.05, 0.1) is 32.4 Å². The number of H-pyrrole nitrogens is 1. The molecule has 0 saturated carbocycles. The van der Waals surface area contributed by atoms with E-state index in [0.717, 1.165) is 17.4 Å². The molecule has 28 heavy (non-hydrogen) atoms. The maximum Gasteiger partial charge on any atom is 0.271 e. The summed E-state index contributed by atoms with van der Waals surface area (Å²) < 4.78 is 0. The molecule has 0 saturated heterocycles. The third-order valence-electron chi connectivity index (χ3n) is 3.93. The standard InChI is InChI=1S/C17H16ClN5O4S/c1-8-13-15(24)20-12(7-22(2)3)21-17(13)28-14(8)16(25)19-11-5-4-9(23(26)27)6-10(11)18/h4-6H,7H2,1-3H3,(H,19,25)(H,20,21,24). The number of thiophene rings is 1. The second kappa shape index (κ2) is 7.66. The summed E-state index contributed by atoms with van der Waals surface area (Å²) in [6.45, 7) is 2.13. The lowest BCUT2D eigenvalue weighted by molar-refractivity contribution is -0.384. The molecule has 0 bridgehead atoms. The highest BCUT2D eigenvalue weighted by Gasteiger charge is 2.21. The lowest BCUT2D eigenvalue weighted by atomic mass is 10.2. The summed E-state index contributed by atoms with van der Waals surface area (Å²) in [6.07, 6.45) is 0. The topological polar surface area (TPSA) is 121 Å². The number of rotatable bonds is 5. The van der Waals surface area contributed by atoms with E-state index < -0.39 is 10.8 Å². The number of nitro groups is 1. The summed E-state index contributed by atoms with van der Waals surface area (Å²) in [5, 5.41) is 13.8. The van der Waals surface area contributed by atoms with Gasteiger partial charge in [-0.15, -0.1) is 11.3 Å². The number of carbonyl (C=O) groups is 1. The van der Waals surface area contributed by atoms with Gasteiger partial charge in [-0.05, 0) is 32.6 Å². The SMILES string of the molecule is Cc1c(C(=O)Nc2ccc([N+](=O)[O-])cc2Cl)sc2nc(CN(C)C)[nH]c(=O)c12. The predicted molar refractivity (Wildman–Crippen MR) is 108 cm³/mol. The summed E-state index contributed by atoms with van der Waals surface area (Å²) in [4.78, 5) is 45.2. The molecule has 0 aliphatic carbocycles. The van der Waals surface area contributed by atoms with Crippen molar-refractivity contribution in [3.05, 3.63) is 60.0 Å². The van der Waals surface area contributed by atoms with Crippen LogP contribution in [0.5, 0.6) is 0 Å². The molecule has 9 nitrogen and oxygen atoms in total. The molecule has 3 rings (SSSR count). The van der Waals surface area contributed by atoms with Crippen LogP contribution in [-0.4, -0.2) is 39.8 Å². The Balaban J connectivity index is 1.96. The number of hydrogen-bond donors (Lipinski definition) is 2. The molecule has 0 radical (unpaired) electrons. The molecule has 2 N–H and O–H groups in total. The molecule has 1 amide bonds. The number of aryl methyl sites for hydroxylation is 1. The van der Waals surface area contributed by atoms with Gasteiger partial charge in [0, 0.05) is 12.1 Å². The summed E-state index contributed by atoms with van der Waals surface area (Å²) >= 11 is 7.14. The zero-order valence-corrected chi connectivity index (χ0v) is 16.8. The van der Waals surface area contributed by atoms with Gasteiger partial charge >= 0.3 is 0 Å². The van der Waals surface area contributed by atoms with E-state index in [9.17, 15) is 19.7 Å². The van der Waals surface area contributed by atoms with Crippen LogP contribution in [0.15, 0.2) is 23.0 Å². The van der Waals surface area contributed by atoms with E-state index in [2.05, 4.69) is 15.3 Å². The molecule has 2 aromatic heterocycles. The van der Waals surface area contributed by atoms with Crippen molar-refractivity contribution < 1.29 is 9.72 Å². The van der Waals surface area contributed by atoms with E-state index in [1.807, 2.05) is 19.0 Å². The Hall–Kier alpha value is -2.82. The average Bonchev–Trinajstić information content (AvgIpc) is 2.93. The number of fused-ring (bicyclic) bond motifs is 1. The number of anilines is 1. The van der Waals surface area contributed by atoms with Crippen molar-refractivity contribution in [2.24, 2.45) is 0 Å². The van der Waals surface area contributed by atoms with Crippen LogP contribution >= 0.6 is 22.9 Å². The molecule has 3 aromatic rings. The highest BCUT2D eigenvalue weighted by atomic mass is 35.5. The minimum atomic E-state index is -0.573. The molecule has 0 unspecified atom stereocenters. The lowest BCUT2D eigenvalue weighted by Gasteiger charge is -2.07. The molecular formula is C17H16ClN5O4S. The van der Waals surface area contributed by atoms with Crippen LogP contribution in [0.2, 0.25) is 5.02 Å². The number of aromatic amines is 1. The number of aromatic nitrogens is 2. The summed E-state index contributed by atoms with van der Waals surface area (Å²) in [6, 6.07) is 3.77. The fourth-order valence-corrected chi connectivity index (χ4v) is 4.00. The van der Waals surface area contributed by atoms with E-state index in [1.165, 1.54) is 12.1 Å². The summed E-state index contributed by atoms with van der Waals surface area (Å²) in [5.41, 5.74) is 0.276. The van der Waals surface area contributed by atoms with Gasteiger partial charge in [0.1, 0.15) is 10.7 Å². The van der Waals surface area contributed by atoms with Crippen molar-refractivity contribution in [1.29, 1.82) is 0 Å². The van der Waals surface area contributed by atoms with E-state index in [1.54, 1.807) is 6.92 Å². The minimum absolute atomic E-state index is 0.0468. The number of amides is 1. The van der Waals surface area contributed by atoms with Gasteiger partial charge in [0.15, 0.2) is 0 Å². The van der Waals surface area contributed by atoms with Gasteiger partial charge in [0.25, 0.3) is 17.2 Å². The molecule has 146 valence electrons. The summed E-state index contributed by atoms with van der Waals surface area (Å²) in [7, 11) is 3.72. The van der Waals surface area contributed by atoms with Crippen molar-refractivity contribution in [2.45, 2.75) is 13.5 Å². The van der Waals surface area contributed by atoms with Crippen LogP contribution in [0.1, 0.15) is 21.1 Å². The number of halogens is 1. The highest BCUT2D eigenvalue weighted by Crippen LogP contribution is 2.30. The smallest absolute Gasteiger partial charge is 0.271 e. The first-order valence-corrected chi connectivity index (χ1v) is 9.29. The molecule has 0 aliphatic heterocycles. The number of carbonyl (C=O) groups excluding carboxylic acids is 1. The molecular weight excluding hydrogens is 406 g/mol. The molecule has 0 fully saturated rings. The molecule has 0 atom stereocenters. The van der Waals surface area contributed by atoms with Gasteiger partial charge in [-0.1, -0.05) is 11.6 Å². The summed E-state index contributed by atoms with van der Waals surface area (Å²) in [5.74, 6) is 0.0407. The molecule has 0 aliphatic rings. The lowest BCUT2D eigenvalue weighted by Crippen LogP contribution is -2.18. The molecule has 0 spiro atoms. The maximum absolute atomic E-state index is 12.7. The van der Waals surface area contributed by atoms with Crippen LogP contribution in [-0.2, 0) is 6.54 Å². The second-order valence-corrected chi connectivity index (χ2v) is 7.77. The van der Waals surface area contributed by atoms with Crippen LogP contribution in [0.3, 0.4) is 0 Å². The first-order chi connectivity index (χ1) is 13.2. The second-order valence-electron chi connectivity index (χ2n) is 6.36. The molecule has 1 aromatic carbocycles. The fraction of sp³-hybridized carbons (Fsp3) is 0.235. The minimum Gasteiger partial charge on any atom is -0.320 e. The largest absolute Gasteiger partial charge is 0.320 e. The van der Waals surface area contributed by atoms with Crippen molar-refractivity contribution in [1.82, 2.24) is 14.9 Å². The van der Waals surface area contributed by atoms with Crippen LogP contribution < -0.4 is 10.9 Å². The Morgan fingerprint density at radius 1 is 1.43 bits per heavy atom. The zero-order valence-electron chi connectivity index (χ0n) is 15.2. The van der Waals surface area contributed by atoms with Crippen LogP contribution in [0.25, 0.3) is 10.2 Å². The number of nitro benzene ring substituents is 1. The van der Waals surface area contributed by atoms with Crippen LogP contribution in [0.4, 0.5) is 11.4 Å². The maximum atomic E-state index is 12.7. The average molecular weight is 422 g/mol. The third-order valence-corrected chi connectivity index (χ3v) is 5.43. The van der Waals surface area contributed by atoms with Gasteiger partial charge in [-0.3, -0.25) is 19.7 Å². The van der Waals surface area contributed by atoms with Crippen molar-refractivity contribution >= 4 is 50.4 Å². The number of nitrogens with one attached hydrogen (secondary N) is 2. The normalized spacial score (nSPS) is 11.2. The van der Waals surface area contributed by atoms with E-state index in [-0.39, 0.29) is 22.0 Å². The van der Waals surface area contributed by atoms with E-state index in [4.69, 9.17) is 11.6 Å². The Kier molecular flexibility index (Phi) is 5.45. The molecule has 11 heteroatoms. The number of non-ortho nitro benzene ring substituents is 1. The van der Waals surface area contributed by atoms with Crippen molar-refractivity contribution in [3.63, 3.8) is 0 Å². The number of hydrogen-bond acceptors (Lipinski definition) is 7. The quantitative estimate of drug-likeness (QED) is 0.482. The first-order valence-electron chi connectivity index (χ1n) is 8.09. The first kappa shape index (κ1) is 19.9. The van der Waals surface area contributed by atoms with Crippen molar-refractivity contribution in [3.8, 4) is 0 Å². The van der Waals surface area contributed by atoms with Crippen molar-refractivity contribution in [2.75, 3.05) is 19.4 Å². The fourth-order valence-electron chi connectivity index (χ4n) is 2.68. The Bertz CT molecular complexity index is 1150. The zero-order chi connectivity index (χ0) is 20.6. The number of nitrogens with zero attached hydrogens (tertiary/aromatic N) is 3. The number of benzene rings is 1. The third kappa shape index (κ3) is 3.88. The highest BCUT2D eigenvalue weighted by molar-refractivity contribution is 7.20. The van der Waals surface area contributed by atoms with E-state index in [0.29, 0.717) is 33.0 Å². The molecule has 2 heterocycles. The van der Waals surface area contributed by atoms with Gasteiger partial charge in [-0.25, -0.2) is 4.98 Å². The van der Waals surface area contributed by atoms with Crippen LogP contribution in [0, 0.1) is 17.0 Å². The van der Waals surface area contributed by atoms with Gasteiger partial charge in [0.2, 0.25) is 0 Å².